The summed E-state index contributed by atoms with van der Waals surface area (Å²) < 4.78 is 74.8. The third-order valence-corrected chi connectivity index (χ3v) is 5.64. The number of hydrogen-bond donors (Lipinski definition) is 0. The maximum atomic E-state index is 12.4. The summed E-state index contributed by atoms with van der Waals surface area (Å²) in [6, 6.07) is 0. The zero-order valence-electron chi connectivity index (χ0n) is 15.3. The lowest BCUT2D eigenvalue weighted by atomic mass is 10.4. The maximum Gasteiger partial charge on any atom is 0.301 e. The minimum Gasteiger partial charge on any atom is -0.329 e. The lowest BCUT2D eigenvalue weighted by molar-refractivity contribution is 0.373. The summed E-state index contributed by atoms with van der Waals surface area (Å²) in [6.45, 7) is 0. The summed E-state index contributed by atoms with van der Waals surface area (Å²) >= 11 is 8.12. The van der Waals surface area contributed by atoms with Crippen LogP contribution in [-0.2, 0) is 14.1 Å². The fourth-order valence-electron chi connectivity index (χ4n) is 1.65. The van der Waals surface area contributed by atoms with Gasteiger partial charge in [-0.2, -0.15) is 17.6 Å². The van der Waals surface area contributed by atoms with Crippen molar-refractivity contribution in [1.82, 2.24) is 19.1 Å². The predicted octanol–water partition coefficient (Wildman–Crippen LogP) is 7.25. The molecule has 0 saturated carbocycles. The average molecular weight is 495 g/mol. The zero-order chi connectivity index (χ0) is 22.0. The number of hydrogen-bond acceptors (Lipinski definition) is 4. The number of aryl methyl sites for hydroxylation is 1. The molecule has 0 atom stereocenters. The van der Waals surface area contributed by atoms with Crippen LogP contribution in [0.4, 0.5) is 26.3 Å². The van der Waals surface area contributed by atoms with Gasteiger partial charge in [0.2, 0.25) is 0 Å². The molecule has 0 N–H and O–H groups in total. The van der Waals surface area contributed by atoms with E-state index in [0.29, 0.717) is 15.5 Å². The highest BCUT2D eigenvalue weighted by Crippen LogP contribution is 2.23. The lowest BCUT2D eigenvalue weighted by Crippen LogP contribution is -1.92. The van der Waals surface area contributed by atoms with Crippen LogP contribution >= 0.6 is 35.1 Å². The molecule has 30 heavy (non-hydrogen) atoms. The van der Waals surface area contributed by atoms with Crippen molar-refractivity contribution in [2.24, 2.45) is 14.1 Å². The molecule has 0 unspecified atom stereocenters. The number of imidazole rings is 2. The van der Waals surface area contributed by atoms with Crippen LogP contribution in [0.1, 0.15) is 20.3 Å². The molecule has 0 aliphatic carbocycles. The molecule has 0 saturated heterocycles. The molecular weight excluding hydrogens is 474 g/mol. The van der Waals surface area contributed by atoms with Crippen LogP contribution in [-0.4, -0.2) is 30.6 Å². The minimum atomic E-state index is -2.26. The van der Waals surface area contributed by atoms with Crippen LogP contribution in [0.3, 0.4) is 0 Å². The smallest absolute Gasteiger partial charge is 0.301 e. The molecule has 0 radical (unpaired) electrons. The summed E-state index contributed by atoms with van der Waals surface area (Å²) in [4.78, 5) is 7.88. The van der Waals surface area contributed by atoms with Crippen LogP contribution in [0.25, 0.3) is 0 Å². The summed E-state index contributed by atoms with van der Waals surface area (Å²) in [5.74, 6) is -2.26. The van der Waals surface area contributed by atoms with Crippen molar-refractivity contribution in [1.29, 1.82) is 0 Å². The van der Waals surface area contributed by atoms with Crippen LogP contribution in [0.15, 0.2) is 52.7 Å². The van der Waals surface area contributed by atoms with E-state index < -0.39 is 23.8 Å². The number of allylic oxidation sites excluding steroid dienone is 2. The standard InChI is InChI=1S/C8H8ClF3N2S.C8H9F3N2S.CH4/c1-14-6(9)4-13-8(14)15-3-2-5(10)7(11)12;1-13-4-3-12-8(13)14-5-2-6(9)7(10)11;/h4H,2-3H2,1H3;3-4H,2,5H2,1H3;1H4. The van der Waals surface area contributed by atoms with E-state index in [2.05, 4.69) is 9.97 Å². The van der Waals surface area contributed by atoms with E-state index in [1.54, 1.807) is 35.6 Å². The van der Waals surface area contributed by atoms with Crippen LogP contribution in [0.2, 0.25) is 5.15 Å². The van der Waals surface area contributed by atoms with E-state index >= 15 is 0 Å². The molecule has 0 amide bonds. The Morgan fingerprint density at radius 3 is 1.77 bits per heavy atom. The first-order valence-electron chi connectivity index (χ1n) is 7.92. The van der Waals surface area contributed by atoms with Crippen molar-refractivity contribution in [3.8, 4) is 0 Å². The fraction of sp³-hybridized carbons (Fsp3) is 0.412. The van der Waals surface area contributed by atoms with Crippen molar-refractivity contribution >= 4 is 35.1 Å². The number of rotatable bonds is 8. The van der Waals surface area contributed by atoms with E-state index in [4.69, 9.17) is 11.6 Å². The van der Waals surface area contributed by atoms with E-state index in [1.165, 1.54) is 29.7 Å². The second-order valence-corrected chi connectivity index (χ2v) is 7.78. The molecule has 0 aliphatic rings. The lowest BCUT2D eigenvalue weighted by Gasteiger charge is -2.00. The molecule has 0 aliphatic heterocycles. The Hall–Kier alpha value is -1.53. The van der Waals surface area contributed by atoms with Crippen molar-refractivity contribution in [3.63, 3.8) is 0 Å². The van der Waals surface area contributed by atoms with Gasteiger partial charge in [-0.3, -0.25) is 0 Å². The summed E-state index contributed by atoms with van der Waals surface area (Å²) in [7, 11) is 3.48. The largest absolute Gasteiger partial charge is 0.329 e. The first-order chi connectivity index (χ1) is 13.6. The van der Waals surface area contributed by atoms with E-state index in [0.717, 1.165) is 0 Å². The molecule has 0 aromatic carbocycles. The highest BCUT2D eigenvalue weighted by molar-refractivity contribution is 7.99. The van der Waals surface area contributed by atoms with Crippen LogP contribution < -0.4 is 0 Å². The van der Waals surface area contributed by atoms with Gasteiger partial charge >= 0.3 is 12.2 Å². The molecule has 170 valence electrons. The second-order valence-electron chi connectivity index (χ2n) is 5.27. The van der Waals surface area contributed by atoms with Gasteiger partial charge in [0, 0.05) is 50.8 Å². The first-order valence-corrected chi connectivity index (χ1v) is 10.3. The highest BCUT2D eigenvalue weighted by Gasteiger charge is 2.08. The SMILES string of the molecule is C.Cn1c(Cl)cnc1SCCC(F)=C(F)F.Cn1ccnc1SCCC(F)=C(F)F. The van der Waals surface area contributed by atoms with Crippen molar-refractivity contribution < 1.29 is 26.3 Å². The Balaban J connectivity index is 0.000000544. The zero-order valence-corrected chi connectivity index (χ0v) is 17.7. The molecule has 2 aromatic heterocycles. The molecule has 0 spiro atoms. The van der Waals surface area contributed by atoms with Gasteiger partial charge in [0.05, 0.1) is 6.20 Å². The Bertz CT molecular complexity index is 845. The topological polar surface area (TPSA) is 35.6 Å². The maximum absolute atomic E-state index is 12.4. The molecular formula is C17H21ClF6N4S2. The Kier molecular flexibility index (Phi) is 13.7. The second kappa shape index (κ2) is 14.5. The van der Waals surface area contributed by atoms with Gasteiger partial charge in [-0.15, -0.1) is 0 Å². The molecule has 2 heterocycles. The molecule has 2 aromatic rings. The number of thioether (sulfide) groups is 2. The number of nitrogens with zero attached hydrogens (tertiary/aromatic N) is 4. The Morgan fingerprint density at radius 1 is 0.900 bits per heavy atom. The van der Waals surface area contributed by atoms with Gasteiger partial charge in [-0.05, 0) is 0 Å². The van der Waals surface area contributed by atoms with Crippen molar-refractivity contribution in [3.05, 3.63) is 47.6 Å². The van der Waals surface area contributed by atoms with Crippen LogP contribution in [0.5, 0.6) is 0 Å². The minimum absolute atomic E-state index is 0. The molecule has 4 nitrogen and oxygen atoms in total. The molecule has 13 heteroatoms. The molecule has 0 fully saturated rings. The summed E-state index contributed by atoms with van der Waals surface area (Å²) in [5, 5.41) is 1.72. The van der Waals surface area contributed by atoms with E-state index in [-0.39, 0.29) is 31.8 Å². The predicted molar refractivity (Wildman–Crippen MR) is 110 cm³/mol. The Labute approximate surface area is 184 Å². The van der Waals surface area contributed by atoms with Gasteiger partial charge in [0.15, 0.2) is 22.0 Å². The normalized spacial score (nSPS) is 10.0. The monoisotopic (exact) mass is 494 g/mol. The van der Waals surface area contributed by atoms with Gasteiger partial charge in [0.25, 0.3) is 0 Å². The number of halogens is 7. The number of aromatic nitrogens is 4. The third kappa shape index (κ3) is 9.98. The third-order valence-electron chi connectivity index (χ3n) is 3.18. The van der Waals surface area contributed by atoms with Gasteiger partial charge < -0.3 is 9.13 Å². The molecule has 2 rings (SSSR count). The summed E-state index contributed by atoms with van der Waals surface area (Å²) in [5.41, 5.74) is 0. The van der Waals surface area contributed by atoms with Crippen LogP contribution in [0, 0.1) is 0 Å². The first kappa shape index (κ1) is 28.5. The van der Waals surface area contributed by atoms with E-state index in [1.807, 2.05) is 0 Å². The highest BCUT2D eigenvalue weighted by atomic mass is 35.5. The van der Waals surface area contributed by atoms with Crippen molar-refractivity contribution in [2.45, 2.75) is 30.6 Å². The Morgan fingerprint density at radius 2 is 1.40 bits per heavy atom. The fourth-order valence-corrected chi connectivity index (χ4v) is 3.58. The van der Waals surface area contributed by atoms with E-state index in [9.17, 15) is 26.3 Å². The van der Waals surface area contributed by atoms with Gasteiger partial charge in [0.1, 0.15) is 5.15 Å². The van der Waals surface area contributed by atoms with Crippen molar-refractivity contribution in [2.75, 3.05) is 11.5 Å². The summed E-state index contributed by atoms with van der Waals surface area (Å²) in [6.07, 6.45) is -0.267. The quantitative estimate of drug-likeness (QED) is 0.286. The molecule has 0 bridgehead atoms. The average Bonchev–Trinajstić information content (AvgIpc) is 3.21. The van der Waals surface area contributed by atoms with Gasteiger partial charge in [-0.1, -0.05) is 42.6 Å². The van der Waals surface area contributed by atoms with Gasteiger partial charge in [-0.25, -0.2) is 18.7 Å².